The molecule has 0 aliphatic rings. The van der Waals surface area contributed by atoms with Crippen molar-refractivity contribution in [3.05, 3.63) is 28.0 Å². The van der Waals surface area contributed by atoms with E-state index < -0.39 is 12.0 Å². The molecule has 23 heavy (non-hydrogen) atoms. The van der Waals surface area contributed by atoms with Gasteiger partial charge >= 0.3 is 5.97 Å². The summed E-state index contributed by atoms with van der Waals surface area (Å²) >= 11 is 3.10. The summed E-state index contributed by atoms with van der Waals surface area (Å²) in [6, 6.07) is -1.12. The van der Waals surface area contributed by atoms with Crippen LogP contribution < -0.4 is 5.32 Å². The fourth-order valence-corrected chi connectivity index (χ4v) is 3.92. The van der Waals surface area contributed by atoms with Gasteiger partial charge in [-0.15, -0.1) is 11.3 Å². The first-order chi connectivity index (χ1) is 10.9. The lowest BCUT2D eigenvalue weighted by molar-refractivity contribution is -0.142. The molecule has 1 atom stereocenters. The molecule has 124 valence electrons. The second-order valence-corrected chi connectivity index (χ2v) is 7.27. The number of aryl methyl sites for hydroxylation is 2. The van der Waals surface area contributed by atoms with E-state index in [1.807, 2.05) is 12.3 Å². The number of aliphatic carboxylic acids is 1. The van der Waals surface area contributed by atoms with Crippen molar-refractivity contribution in [2.75, 3.05) is 5.75 Å². The number of amides is 1. The number of carbonyl (C=O) groups is 2. The first-order valence-electron chi connectivity index (χ1n) is 7.03. The van der Waals surface area contributed by atoms with Crippen LogP contribution in [0.4, 0.5) is 0 Å². The monoisotopic (exact) mass is 354 g/mol. The predicted molar refractivity (Wildman–Crippen MR) is 88.8 cm³/mol. The van der Waals surface area contributed by atoms with Crippen LogP contribution in [0, 0.1) is 13.8 Å². The van der Waals surface area contributed by atoms with E-state index in [0.29, 0.717) is 22.6 Å². The molecule has 0 spiro atoms. The summed E-state index contributed by atoms with van der Waals surface area (Å²) in [6.07, 6.45) is 0.0561. The van der Waals surface area contributed by atoms with Crippen LogP contribution >= 0.6 is 23.1 Å². The fourth-order valence-electron chi connectivity index (χ4n) is 2.18. The van der Waals surface area contributed by atoms with Crippen molar-refractivity contribution in [2.24, 2.45) is 0 Å². The van der Waals surface area contributed by atoms with Crippen molar-refractivity contribution < 1.29 is 14.7 Å². The number of nitrogens with zero attached hydrogens (tertiary/aromatic N) is 2. The van der Waals surface area contributed by atoms with Gasteiger partial charge in [0.25, 0.3) is 0 Å². The second kappa shape index (κ2) is 7.60. The van der Waals surface area contributed by atoms with E-state index in [9.17, 15) is 14.7 Å². The van der Waals surface area contributed by atoms with Crippen LogP contribution in [-0.4, -0.2) is 37.9 Å². The molecule has 2 heterocycles. The van der Waals surface area contributed by atoms with Gasteiger partial charge in [0.05, 0.1) is 17.8 Å². The molecule has 0 bridgehead atoms. The molecular weight excluding hydrogens is 336 g/mol. The van der Waals surface area contributed by atoms with Gasteiger partial charge < -0.3 is 10.4 Å². The maximum atomic E-state index is 12.2. The van der Waals surface area contributed by atoms with Crippen LogP contribution in [0.1, 0.15) is 35.6 Å². The van der Waals surface area contributed by atoms with Gasteiger partial charge in [-0.1, -0.05) is 18.7 Å². The highest BCUT2D eigenvalue weighted by Crippen LogP contribution is 2.23. The predicted octanol–water partition coefficient (Wildman–Crippen LogP) is 2.08. The first kappa shape index (κ1) is 17.5. The number of carboxylic acid groups (broad SMARTS) is 1. The largest absolute Gasteiger partial charge is 0.479 e. The summed E-state index contributed by atoms with van der Waals surface area (Å²) in [4.78, 5) is 28.0. The molecule has 2 rings (SSSR count). The number of thioether (sulfide) groups is 1. The van der Waals surface area contributed by atoms with Gasteiger partial charge in [0.15, 0.2) is 6.04 Å². The average Bonchev–Trinajstić information content (AvgIpc) is 3.04. The highest BCUT2D eigenvalue weighted by atomic mass is 32.2. The van der Waals surface area contributed by atoms with Gasteiger partial charge in [-0.2, -0.15) is 5.10 Å². The van der Waals surface area contributed by atoms with Crippen molar-refractivity contribution in [3.63, 3.8) is 0 Å². The number of aromatic amines is 1. The summed E-state index contributed by atoms with van der Waals surface area (Å²) < 4.78 is 0.909. The van der Waals surface area contributed by atoms with Gasteiger partial charge in [-0.05, 0) is 19.6 Å². The third-order valence-electron chi connectivity index (χ3n) is 3.17. The maximum absolute atomic E-state index is 12.2. The molecule has 0 aliphatic heterocycles. The Morgan fingerprint density at radius 3 is 2.78 bits per heavy atom. The zero-order valence-corrected chi connectivity index (χ0v) is 14.7. The molecule has 0 aliphatic carbocycles. The molecule has 0 saturated heterocycles. The SMILES string of the molecule is CCSc1nc(CC(=O)N[C@@H](C(=O)O)c2c(C)n[nH]c2C)cs1. The summed E-state index contributed by atoms with van der Waals surface area (Å²) in [5.74, 6) is -0.582. The number of hydrogen-bond donors (Lipinski definition) is 3. The van der Waals surface area contributed by atoms with Crippen LogP contribution in [0.3, 0.4) is 0 Å². The number of nitrogens with one attached hydrogen (secondary N) is 2. The van der Waals surface area contributed by atoms with Crippen LogP contribution in [0.15, 0.2) is 9.72 Å². The molecule has 0 aromatic carbocycles. The lowest BCUT2D eigenvalue weighted by Crippen LogP contribution is -2.35. The average molecular weight is 354 g/mol. The Labute approximate surface area is 141 Å². The molecule has 2 aromatic heterocycles. The third kappa shape index (κ3) is 4.32. The Balaban J connectivity index is 2.08. The van der Waals surface area contributed by atoms with Crippen molar-refractivity contribution in [1.82, 2.24) is 20.5 Å². The van der Waals surface area contributed by atoms with E-state index >= 15 is 0 Å². The number of thiazole rings is 1. The molecule has 2 aromatic rings. The number of carboxylic acids is 1. The fraction of sp³-hybridized carbons (Fsp3) is 0.429. The van der Waals surface area contributed by atoms with E-state index in [1.54, 1.807) is 25.6 Å². The van der Waals surface area contributed by atoms with Gasteiger partial charge in [0.1, 0.15) is 4.34 Å². The molecule has 0 radical (unpaired) electrons. The van der Waals surface area contributed by atoms with Gasteiger partial charge in [0.2, 0.25) is 5.91 Å². The van der Waals surface area contributed by atoms with E-state index in [2.05, 4.69) is 20.5 Å². The Hall–Kier alpha value is -1.87. The molecule has 3 N–H and O–H groups in total. The molecule has 7 nitrogen and oxygen atoms in total. The van der Waals surface area contributed by atoms with E-state index in [-0.39, 0.29) is 12.3 Å². The highest BCUT2D eigenvalue weighted by molar-refractivity contribution is 8.00. The molecule has 0 fully saturated rings. The third-order valence-corrected chi connectivity index (χ3v) is 5.12. The Morgan fingerprint density at radius 2 is 2.22 bits per heavy atom. The molecule has 9 heteroatoms. The topological polar surface area (TPSA) is 108 Å². The Bertz CT molecular complexity index is 691. The first-order valence-corrected chi connectivity index (χ1v) is 8.89. The number of H-pyrrole nitrogens is 1. The zero-order chi connectivity index (χ0) is 17.0. The van der Waals surface area contributed by atoms with Crippen molar-refractivity contribution in [3.8, 4) is 0 Å². The van der Waals surface area contributed by atoms with Crippen LogP contribution in [-0.2, 0) is 16.0 Å². The van der Waals surface area contributed by atoms with Crippen LogP contribution in [0.2, 0.25) is 0 Å². The maximum Gasteiger partial charge on any atom is 0.331 e. The molecule has 1 amide bonds. The number of rotatable bonds is 7. The number of hydrogen-bond acceptors (Lipinski definition) is 6. The zero-order valence-electron chi connectivity index (χ0n) is 13.0. The minimum atomic E-state index is -1.12. The summed E-state index contributed by atoms with van der Waals surface area (Å²) in [6.45, 7) is 5.47. The lowest BCUT2D eigenvalue weighted by atomic mass is 10.0. The normalized spacial score (nSPS) is 12.1. The summed E-state index contributed by atoms with van der Waals surface area (Å²) in [7, 11) is 0. The van der Waals surface area contributed by atoms with Crippen molar-refractivity contribution in [2.45, 2.75) is 37.6 Å². The minimum absolute atomic E-state index is 0.0561. The van der Waals surface area contributed by atoms with Crippen molar-refractivity contribution in [1.29, 1.82) is 0 Å². The summed E-state index contributed by atoms with van der Waals surface area (Å²) in [5, 5.41) is 20.5. The highest BCUT2D eigenvalue weighted by Gasteiger charge is 2.27. The van der Waals surface area contributed by atoms with Gasteiger partial charge in [-0.3, -0.25) is 9.89 Å². The van der Waals surface area contributed by atoms with Gasteiger partial charge in [-0.25, -0.2) is 9.78 Å². The Kier molecular flexibility index (Phi) is 5.78. The second-order valence-electron chi connectivity index (χ2n) is 4.90. The van der Waals surface area contributed by atoms with E-state index in [4.69, 9.17) is 0 Å². The van der Waals surface area contributed by atoms with E-state index in [0.717, 1.165) is 10.1 Å². The molecule has 0 unspecified atom stereocenters. The van der Waals surface area contributed by atoms with Crippen LogP contribution in [0.25, 0.3) is 0 Å². The lowest BCUT2D eigenvalue weighted by Gasteiger charge is -2.14. The quantitative estimate of drug-likeness (QED) is 0.657. The van der Waals surface area contributed by atoms with E-state index in [1.165, 1.54) is 11.3 Å². The number of aromatic nitrogens is 3. The summed E-state index contributed by atoms with van der Waals surface area (Å²) in [5.41, 5.74) is 2.33. The number of carbonyl (C=O) groups excluding carboxylic acids is 1. The van der Waals surface area contributed by atoms with Crippen LogP contribution in [0.5, 0.6) is 0 Å². The van der Waals surface area contributed by atoms with Gasteiger partial charge in [0, 0.05) is 16.6 Å². The standard InChI is InChI=1S/C14H18N4O3S2/c1-4-22-14-15-9(6-23-14)5-10(19)16-12(13(20)21)11-7(2)17-18-8(11)3/h6,12H,4-5H2,1-3H3,(H,16,19)(H,17,18)(H,20,21)/t12-/m1/s1. The smallest absolute Gasteiger partial charge is 0.331 e. The Morgan fingerprint density at radius 1 is 1.48 bits per heavy atom. The molecule has 0 saturated carbocycles. The van der Waals surface area contributed by atoms with Crippen molar-refractivity contribution >= 4 is 35.0 Å². The molecular formula is C14H18N4O3S2. The minimum Gasteiger partial charge on any atom is -0.479 e.